The maximum absolute atomic E-state index is 6.04. The number of nitrogens with one attached hydrogen (secondary N) is 2. The molecular formula is C20H30IN5O. The Bertz CT molecular complexity index is 755. The summed E-state index contributed by atoms with van der Waals surface area (Å²) in [5.41, 5.74) is 3.55. The molecule has 0 spiro atoms. The maximum Gasteiger partial charge on any atom is 0.191 e. The minimum atomic E-state index is 0. The third-order valence-corrected chi connectivity index (χ3v) is 4.46. The van der Waals surface area contributed by atoms with Gasteiger partial charge in [-0.2, -0.15) is 5.10 Å². The van der Waals surface area contributed by atoms with E-state index >= 15 is 0 Å². The molecule has 0 radical (unpaired) electrons. The van der Waals surface area contributed by atoms with E-state index in [0.29, 0.717) is 6.54 Å². The van der Waals surface area contributed by atoms with Gasteiger partial charge < -0.3 is 15.4 Å². The first-order valence-electron chi connectivity index (χ1n) is 9.30. The minimum Gasteiger partial charge on any atom is -0.493 e. The molecule has 0 atom stereocenters. The zero-order valence-electron chi connectivity index (χ0n) is 16.4. The molecule has 0 amide bonds. The lowest BCUT2D eigenvalue weighted by atomic mass is 10.1. The highest BCUT2D eigenvalue weighted by molar-refractivity contribution is 14.0. The van der Waals surface area contributed by atoms with Crippen LogP contribution in [-0.2, 0) is 13.1 Å². The fraction of sp³-hybridized carbons (Fsp3) is 0.500. The van der Waals surface area contributed by atoms with E-state index in [1.54, 1.807) is 7.05 Å². The molecule has 7 heteroatoms. The topological polar surface area (TPSA) is 63.5 Å². The van der Waals surface area contributed by atoms with E-state index in [4.69, 9.17) is 4.74 Å². The highest BCUT2D eigenvalue weighted by atomic mass is 127. The van der Waals surface area contributed by atoms with Gasteiger partial charge in [0, 0.05) is 31.9 Å². The molecule has 1 aromatic heterocycles. The smallest absolute Gasteiger partial charge is 0.191 e. The summed E-state index contributed by atoms with van der Waals surface area (Å²) < 4.78 is 7.97. The highest BCUT2D eigenvalue weighted by Crippen LogP contribution is 2.30. The van der Waals surface area contributed by atoms with Crippen LogP contribution in [0.1, 0.15) is 29.5 Å². The Balaban J connectivity index is 0.00000261. The minimum absolute atomic E-state index is 0. The van der Waals surface area contributed by atoms with Gasteiger partial charge in [-0.1, -0.05) is 12.1 Å². The highest BCUT2D eigenvalue weighted by Gasteiger charge is 2.22. The zero-order valence-corrected chi connectivity index (χ0v) is 18.7. The van der Waals surface area contributed by atoms with Gasteiger partial charge in [-0.25, -0.2) is 0 Å². The summed E-state index contributed by atoms with van der Waals surface area (Å²) in [6.07, 6.45) is 6.50. The Morgan fingerprint density at radius 2 is 2.07 bits per heavy atom. The average Bonchev–Trinajstić information content (AvgIpc) is 3.37. The lowest BCUT2D eigenvalue weighted by Gasteiger charge is -2.15. The lowest BCUT2D eigenvalue weighted by Crippen LogP contribution is -2.38. The van der Waals surface area contributed by atoms with Crippen molar-refractivity contribution in [1.29, 1.82) is 0 Å². The number of aryl methyl sites for hydroxylation is 2. The van der Waals surface area contributed by atoms with Crippen LogP contribution in [0.4, 0.5) is 0 Å². The number of halogens is 1. The summed E-state index contributed by atoms with van der Waals surface area (Å²) in [4.78, 5) is 4.29. The maximum atomic E-state index is 6.04. The molecule has 0 unspecified atom stereocenters. The first-order chi connectivity index (χ1) is 12.6. The zero-order chi connectivity index (χ0) is 18.4. The van der Waals surface area contributed by atoms with Crippen molar-refractivity contribution in [2.75, 3.05) is 20.2 Å². The van der Waals surface area contributed by atoms with Crippen LogP contribution in [0.3, 0.4) is 0 Å². The standard InChI is InChI=1S/C20H29N5O.HI/c1-15-4-7-18(19(10-15)26-14-17-5-6-17)12-23-20(21-3)22-8-9-25-13-16(2)11-24-25;/h4,7,10-11,13,17H,5-6,8-9,12,14H2,1-3H3,(H2,21,22,23);1H. The van der Waals surface area contributed by atoms with Crippen molar-refractivity contribution in [1.82, 2.24) is 20.4 Å². The molecule has 1 heterocycles. The van der Waals surface area contributed by atoms with E-state index in [-0.39, 0.29) is 24.0 Å². The SMILES string of the molecule is CN=C(NCCn1cc(C)cn1)NCc1ccc(C)cc1OCC1CC1.I. The monoisotopic (exact) mass is 483 g/mol. The van der Waals surface area contributed by atoms with Crippen LogP contribution < -0.4 is 15.4 Å². The number of aromatic nitrogens is 2. The normalized spacial score (nSPS) is 13.8. The predicted molar refractivity (Wildman–Crippen MR) is 120 cm³/mol. The van der Waals surface area contributed by atoms with Crippen LogP contribution in [0.25, 0.3) is 0 Å². The Morgan fingerprint density at radius 1 is 1.26 bits per heavy atom. The summed E-state index contributed by atoms with van der Waals surface area (Å²) in [5, 5.41) is 11.0. The molecule has 6 nitrogen and oxygen atoms in total. The van der Waals surface area contributed by atoms with Crippen LogP contribution in [0.15, 0.2) is 35.6 Å². The Hall–Kier alpha value is -1.77. The van der Waals surface area contributed by atoms with Crippen molar-refractivity contribution in [3.63, 3.8) is 0 Å². The van der Waals surface area contributed by atoms with Gasteiger partial charge in [0.05, 0.1) is 19.3 Å². The predicted octanol–water partition coefficient (Wildman–Crippen LogP) is 3.27. The van der Waals surface area contributed by atoms with Crippen molar-refractivity contribution in [2.24, 2.45) is 10.9 Å². The third kappa shape index (κ3) is 7.04. The molecule has 3 rings (SSSR count). The number of hydrogen-bond donors (Lipinski definition) is 2. The van der Waals surface area contributed by atoms with Gasteiger partial charge in [-0.05, 0) is 49.8 Å². The fourth-order valence-electron chi connectivity index (χ4n) is 2.71. The summed E-state index contributed by atoms with van der Waals surface area (Å²) in [5.74, 6) is 2.51. The van der Waals surface area contributed by atoms with Gasteiger partial charge in [0.15, 0.2) is 5.96 Å². The van der Waals surface area contributed by atoms with Crippen molar-refractivity contribution < 1.29 is 4.74 Å². The molecule has 0 bridgehead atoms. The lowest BCUT2D eigenvalue weighted by molar-refractivity contribution is 0.296. The van der Waals surface area contributed by atoms with Crippen LogP contribution in [0.2, 0.25) is 0 Å². The first-order valence-corrected chi connectivity index (χ1v) is 9.30. The molecule has 0 aliphatic heterocycles. The Labute approximate surface area is 178 Å². The summed E-state index contributed by atoms with van der Waals surface area (Å²) in [7, 11) is 1.78. The molecule has 0 saturated heterocycles. The van der Waals surface area contributed by atoms with Gasteiger partial charge in [-0.15, -0.1) is 24.0 Å². The number of ether oxygens (including phenoxy) is 1. The largest absolute Gasteiger partial charge is 0.493 e. The van der Waals surface area contributed by atoms with Gasteiger partial charge in [-0.3, -0.25) is 9.67 Å². The van der Waals surface area contributed by atoms with E-state index in [9.17, 15) is 0 Å². The molecular weight excluding hydrogens is 453 g/mol. The van der Waals surface area contributed by atoms with E-state index in [1.807, 2.05) is 24.0 Å². The van der Waals surface area contributed by atoms with Gasteiger partial charge in [0.2, 0.25) is 0 Å². The van der Waals surface area contributed by atoms with E-state index in [1.165, 1.54) is 24.0 Å². The van der Waals surface area contributed by atoms with Crippen molar-refractivity contribution in [2.45, 2.75) is 39.8 Å². The first kappa shape index (κ1) is 21.5. The molecule has 2 N–H and O–H groups in total. The fourth-order valence-corrected chi connectivity index (χ4v) is 2.71. The molecule has 1 fully saturated rings. The number of benzene rings is 1. The summed E-state index contributed by atoms with van der Waals surface area (Å²) >= 11 is 0. The van der Waals surface area contributed by atoms with Gasteiger partial charge in [0.25, 0.3) is 0 Å². The van der Waals surface area contributed by atoms with Gasteiger partial charge >= 0.3 is 0 Å². The van der Waals surface area contributed by atoms with Crippen molar-refractivity contribution >= 4 is 29.9 Å². The molecule has 1 saturated carbocycles. The second-order valence-electron chi connectivity index (χ2n) is 7.00. The Morgan fingerprint density at radius 3 is 2.74 bits per heavy atom. The van der Waals surface area contributed by atoms with Gasteiger partial charge in [0.1, 0.15) is 5.75 Å². The molecule has 27 heavy (non-hydrogen) atoms. The van der Waals surface area contributed by atoms with Crippen molar-refractivity contribution in [3.8, 4) is 5.75 Å². The van der Waals surface area contributed by atoms with E-state index in [0.717, 1.165) is 42.9 Å². The second-order valence-corrected chi connectivity index (χ2v) is 7.00. The van der Waals surface area contributed by atoms with E-state index in [2.05, 4.69) is 45.8 Å². The third-order valence-electron chi connectivity index (χ3n) is 4.46. The number of hydrogen-bond acceptors (Lipinski definition) is 3. The summed E-state index contributed by atoms with van der Waals surface area (Å²) in [6.45, 7) is 7.21. The van der Waals surface area contributed by atoms with E-state index < -0.39 is 0 Å². The number of nitrogens with zero attached hydrogens (tertiary/aromatic N) is 3. The molecule has 148 valence electrons. The summed E-state index contributed by atoms with van der Waals surface area (Å²) in [6, 6.07) is 6.37. The van der Waals surface area contributed by atoms with Crippen molar-refractivity contribution in [3.05, 3.63) is 47.3 Å². The van der Waals surface area contributed by atoms with Crippen LogP contribution in [0.5, 0.6) is 5.75 Å². The second kappa shape index (κ2) is 10.5. The van der Waals surface area contributed by atoms with Crippen LogP contribution in [-0.4, -0.2) is 35.9 Å². The molecule has 1 aromatic carbocycles. The average molecular weight is 483 g/mol. The quantitative estimate of drug-likeness (QED) is 0.344. The van der Waals surface area contributed by atoms with Crippen LogP contribution in [0, 0.1) is 19.8 Å². The number of aliphatic imine (C=N–C) groups is 1. The van der Waals surface area contributed by atoms with Crippen LogP contribution >= 0.6 is 24.0 Å². The number of guanidine groups is 1. The molecule has 2 aromatic rings. The number of rotatable bonds is 8. The molecule has 1 aliphatic carbocycles. The molecule has 1 aliphatic rings. The Kier molecular flexibility index (Phi) is 8.40.